The fourth-order valence-electron chi connectivity index (χ4n) is 3.83. The standard InChI is InChI=1S/C29H38N6O3/c1-7-9-10-23(31-29(36)22-11-13-25(37-5)26(19-22)38-6)18-21(4)24-12-14-27-32-33-28(35(27)34-24)17-20(3)15-16-30-8-2/h9-16,18-20,24,30,34H,4,7-8,17H2,1-3,5-6H3,(H,31,36)/b10-9-,16-15-,23-18+. The van der Waals surface area contributed by atoms with Crippen molar-refractivity contribution < 1.29 is 14.3 Å². The van der Waals surface area contributed by atoms with Crippen molar-refractivity contribution in [3.8, 4) is 11.5 Å². The van der Waals surface area contributed by atoms with Crippen molar-refractivity contribution in [1.82, 2.24) is 25.5 Å². The van der Waals surface area contributed by atoms with Crippen LogP contribution in [0.15, 0.2) is 72.6 Å². The molecule has 1 aromatic heterocycles. The Balaban J connectivity index is 1.75. The predicted molar refractivity (Wildman–Crippen MR) is 152 cm³/mol. The van der Waals surface area contributed by atoms with Gasteiger partial charge in [0.05, 0.1) is 20.3 Å². The number of hydrogen-bond acceptors (Lipinski definition) is 7. The monoisotopic (exact) mass is 518 g/mol. The summed E-state index contributed by atoms with van der Waals surface area (Å²) in [5.74, 6) is 2.65. The predicted octanol–water partition coefficient (Wildman–Crippen LogP) is 4.37. The van der Waals surface area contributed by atoms with Gasteiger partial charge in [-0.2, -0.15) is 0 Å². The van der Waals surface area contributed by atoms with Crippen molar-refractivity contribution >= 4 is 12.0 Å². The average Bonchev–Trinajstić information content (AvgIpc) is 3.32. The number of methoxy groups -OCH3 is 2. The Kier molecular flexibility index (Phi) is 10.3. The fraction of sp³-hybridized carbons (Fsp3) is 0.345. The Morgan fingerprint density at radius 2 is 2.03 bits per heavy atom. The van der Waals surface area contributed by atoms with Crippen LogP contribution in [0, 0.1) is 5.92 Å². The first-order chi connectivity index (χ1) is 18.4. The van der Waals surface area contributed by atoms with Gasteiger partial charge in [-0.25, -0.2) is 4.68 Å². The van der Waals surface area contributed by atoms with E-state index in [2.05, 4.69) is 52.8 Å². The van der Waals surface area contributed by atoms with Gasteiger partial charge in [0.1, 0.15) is 0 Å². The van der Waals surface area contributed by atoms with Gasteiger partial charge < -0.3 is 25.5 Å². The number of carbonyl (C=O) groups is 1. The minimum absolute atomic E-state index is 0.201. The molecule has 38 heavy (non-hydrogen) atoms. The molecule has 9 heteroatoms. The van der Waals surface area contributed by atoms with E-state index in [0.717, 1.165) is 36.6 Å². The highest BCUT2D eigenvalue weighted by molar-refractivity contribution is 5.96. The molecule has 2 heterocycles. The molecule has 0 saturated carbocycles. The molecule has 1 aliphatic rings. The van der Waals surface area contributed by atoms with Crippen molar-refractivity contribution in [2.45, 2.75) is 39.7 Å². The summed E-state index contributed by atoms with van der Waals surface area (Å²) in [6, 6.07) is 4.86. The summed E-state index contributed by atoms with van der Waals surface area (Å²) < 4.78 is 12.5. The number of amides is 1. The number of benzene rings is 1. The average molecular weight is 519 g/mol. The lowest BCUT2D eigenvalue weighted by Crippen LogP contribution is -2.33. The number of allylic oxidation sites excluding steroid dienone is 3. The van der Waals surface area contributed by atoms with Gasteiger partial charge in [-0.15, -0.1) is 10.2 Å². The van der Waals surface area contributed by atoms with E-state index in [-0.39, 0.29) is 17.9 Å². The number of nitrogens with zero attached hydrogens (tertiary/aromatic N) is 3. The molecular formula is C29H38N6O3. The molecule has 2 unspecified atom stereocenters. The van der Waals surface area contributed by atoms with Crippen LogP contribution in [0.25, 0.3) is 6.08 Å². The third-order valence-corrected chi connectivity index (χ3v) is 5.89. The van der Waals surface area contributed by atoms with Crippen LogP contribution in [0.3, 0.4) is 0 Å². The van der Waals surface area contributed by atoms with Gasteiger partial charge in [0.15, 0.2) is 23.1 Å². The second-order valence-electron chi connectivity index (χ2n) is 8.88. The number of ether oxygens (including phenoxy) is 2. The van der Waals surface area contributed by atoms with Crippen LogP contribution in [-0.4, -0.2) is 47.6 Å². The number of aromatic nitrogens is 3. The zero-order chi connectivity index (χ0) is 27.5. The second-order valence-corrected chi connectivity index (χ2v) is 8.88. The summed E-state index contributed by atoms with van der Waals surface area (Å²) in [4.78, 5) is 13.0. The molecular weight excluding hydrogens is 480 g/mol. The summed E-state index contributed by atoms with van der Waals surface area (Å²) in [6.45, 7) is 11.4. The van der Waals surface area contributed by atoms with Gasteiger partial charge in [0.25, 0.3) is 5.91 Å². The van der Waals surface area contributed by atoms with E-state index in [9.17, 15) is 4.79 Å². The normalized spacial score (nSPS) is 15.7. The summed E-state index contributed by atoms with van der Waals surface area (Å²) in [7, 11) is 3.10. The number of carbonyl (C=O) groups excluding carboxylic acids is 1. The molecule has 0 saturated heterocycles. The van der Waals surface area contributed by atoms with Crippen LogP contribution < -0.4 is 25.5 Å². The summed E-state index contributed by atoms with van der Waals surface area (Å²) in [6.07, 6.45) is 15.3. The second kappa shape index (κ2) is 13.9. The smallest absolute Gasteiger partial charge is 0.255 e. The highest BCUT2D eigenvalue weighted by Crippen LogP contribution is 2.27. The molecule has 0 radical (unpaired) electrons. The molecule has 0 bridgehead atoms. The lowest BCUT2D eigenvalue weighted by Gasteiger charge is -2.24. The SMILES string of the molecule is C=C(/C=C(\C=C/CC)NC(=O)c1ccc(OC)c(OC)c1)C1C=Cc2nnc(CC(C)/C=C\NCC)n2N1. The quantitative estimate of drug-likeness (QED) is 0.338. The maximum absolute atomic E-state index is 13.0. The minimum Gasteiger partial charge on any atom is -0.493 e. The fourth-order valence-corrected chi connectivity index (χ4v) is 3.83. The van der Waals surface area contributed by atoms with Gasteiger partial charge in [-0.3, -0.25) is 4.79 Å². The van der Waals surface area contributed by atoms with E-state index in [0.29, 0.717) is 22.8 Å². The Labute approximate surface area is 225 Å². The summed E-state index contributed by atoms with van der Waals surface area (Å²) in [5, 5.41) is 14.8. The van der Waals surface area contributed by atoms with Crippen molar-refractivity contribution in [3.63, 3.8) is 0 Å². The van der Waals surface area contributed by atoms with E-state index >= 15 is 0 Å². The topological polar surface area (TPSA) is 102 Å². The summed E-state index contributed by atoms with van der Waals surface area (Å²) >= 11 is 0. The van der Waals surface area contributed by atoms with E-state index in [1.54, 1.807) is 25.3 Å². The first-order valence-electron chi connectivity index (χ1n) is 12.8. The van der Waals surface area contributed by atoms with Crippen LogP contribution in [0.1, 0.15) is 49.2 Å². The highest BCUT2D eigenvalue weighted by Gasteiger charge is 2.20. The van der Waals surface area contributed by atoms with Crippen LogP contribution in [-0.2, 0) is 6.42 Å². The largest absolute Gasteiger partial charge is 0.493 e. The third kappa shape index (κ3) is 7.38. The van der Waals surface area contributed by atoms with Crippen molar-refractivity contribution in [3.05, 3.63) is 89.8 Å². The van der Waals surface area contributed by atoms with Gasteiger partial charge >= 0.3 is 0 Å². The zero-order valence-electron chi connectivity index (χ0n) is 22.8. The van der Waals surface area contributed by atoms with E-state index in [1.807, 2.05) is 48.2 Å². The van der Waals surface area contributed by atoms with Gasteiger partial charge in [0, 0.05) is 24.2 Å². The lowest BCUT2D eigenvalue weighted by atomic mass is 10.1. The van der Waals surface area contributed by atoms with Crippen molar-refractivity contribution in [2.75, 3.05) is 26.2 Å². The molecule has 9 nitrogen and oxygen atoms in total. The number of rotatable bonds is 13. The molecule has 1 aromatic carbocycles. The van der Waals surface area contributed by atoms with Crippen LogP contribution in [0.5, 0.6) is 11.5 Å². The van der Waals surface area contributed by atoms with Crippen LogP contribution in [0.2, 0.25) is 0 Å². The molecule has 2 aromatic rings. The number of nitrogens with one attached hydrogen (secondary N) is 3. The Morgan fingerprint density at radius 3 is 2.74 bits per heavy atom. The Bertz CT molecular complexity index is 1240. The zero-order valence-corrected chi connectivity index (χ0v) is 22.8. The van der Waals surface area contributed by atoms with E-state index < -0.39 is 0 Å². The maximum atomic E-state index is 13.0. The van der Waals surface area contributed by atoms with Crippen molar-refractivity contribution in [2.24, 2.45) is 5.92 Å². The molecule has 0 spiro atoms. The number of fused-ring (bicyclic) bond motifs is 1. The lowest BCUT2D eigenvalue weighted by molar-refractivity contribution is 0.0966. The van der Waals surface area contributed by atoms with Gasteiger partial charge in [0.2, 0.25) is 0 Å². The molecule has 1 aliphatic heterocycles. The molecule has 0 aliphatic carbocycles. The first-order valence-corrected chi connectivity index (χ1v) is 12.8. The Hall–Kier alpha value is -4.27. The van der Waals surface area contributed by atoms with Gasteiger partial charge in [-0.1, -0.05) is 38.7 Å². The third-order valence-electron chi connectivity index (χ3n) is 5.89. The minimum atomic E-state index is -0.263. The first kappa shape index (κ1) is 28.3. The van der Waals surface area contributed by atoms with Crippen LogP contribution in [0.4, 0.5) is 0 Å². The molecule has 3 rings (SSSR count). The molecule has 202 valence electrons. The maximum Gasteiger partial charge on any atom is 0.255 e. The highest BCUT2D eigenvalue weighted by atomic mass is 16.5. The molecule has 1 amide bonds. The van der Waals surface area contributed by atoms with E-state index in [1.165, 1.54) is 7.11 Å². The molecule has 3 N–H and O–H groups in total. The van der Waals surface area contributed by atoms with Gasteiger partial charge in [-0.05, 0) is 67.5 Å². The van der Waals surface area contributed by atoms with Crippen molar-refractivity contribution in [1.29, 1.82) is 0 Å². The summed E-state index contributed by atoms with van der Waals surface area (Å²) in [5.41, 5.74) is 5.30. The number of hydrogen-bond donors (Lipinski definition) is 3. The molecule has 0 fully saturated rings. The van der Waals surface area contributed by atoms with Crippen LogP contribution >= 0.6 is 0 Å². The van der Waals surface area contributed by atoms with E-state index in [4.69, 9.17) is 9.47 Å². The molecule has 2 atom stereocenters. The Morgan fingerprint density at radius 1 is 1.24 bits per heavy atom.